The van der Waals surface area contributed by atoms with E-state index in [0.717, 1.165) is 61.4 Å². The van der Waals surface area contributed by atoms with Crippen molar-refractivity contribution in [3.63, 3.8) is 0 Å². The molecule has 3 aromatic rings. The molecule has 2 aliphatic rings. The van der Waals surface area contributed by atoms with Gasteiger partial charge in [0, 0.05) is 31.3 Å². The van der Waals surface area contributed by atoms with Gasteiger partial charge in [-0.05, 0) is 101 Å². The fourth-order valence-corrected chi connectivity index (χ4v) is 7.22. The predicted molar refractivity (Wildman–Crippen MR) is 224 cm³/mol. The molecule has 0 fully saturated rings. The highest BCUT2D eigenvalue weighted by molar-refractivity contribution is 5.71. The number of anilines is 1. The van der Waals surface area contributed by atoms with Gasteiger partial charge in [0.05, 0.1) is 24.3 Å². The molecule has 0 aromatic heterocycles. The smallest absolute Gasteiger partial charge is 0.377 e. The largest absolute Gasteiger partial charge is 0.522 e. The first-order chi connectivity index (χ1) is 27.8. The molecule has 9 heteroatoms. The summed E-state index contributed by atoms with van der Waals surface area (Å²) in [7, 11) is 3.92. The quantitative estimate of drug-likeness (QED) is 0.179. The lowest BCUT2D eigenvalue weighted by atomic mass is 9.75. The van der Waals surface area contributed by atoms with E-state index in [9.17, 15) is 21.0 Å². The van der Waals surface area contributed by atoms with Crippen molar-refractivity contribution in [2.24, 2.45) is 5.92 Å². The second-order valence-electron chi connectivity index (χ2n) is 14.2. The van der Waals surface area contributed by atoms with Crippen molar-refractivity contribution in [3.8, 4) is 47.5 Å². The summed E-state index contributed by atoms with van der Waals surface area (Å²) in [5, 5.41) is 56.8. The summed E-state index contributed by atoms with van der Waals surface area (Å²) in [6.07, 6.45) is 10.1. The van der Waals surface area contributed by atoms with Crippen molar-refractivity contribution in [3.05, 3.63) is 180 Å². The molecule has 3 aromatic carbocycles. The summed E-state index contributed by atoms with van der Waals surface area (Å²) in [5.41, 5.74) is 11.1. The Kier molecular flexibility index (Phi) is 13.5. The van der Waals surface area contributed by atoms with Gasteiger partial charge in [0.2, 0.25) is 0 Å². The van der Waals surface area contributed by atoms with Crippen LogP contribution in [0.2, 0.25) is 0 Å². The third-order valence-electron chi connectivity index (χ3n) is 10.3. The van der Waals surface area contributed by atoms with Crippen LogP contribution in [0.3, 0.4) is 0 Å². The first kappa shape index (κ1) is 42.6. The minimum absolute atomic E-state index is 0.0213. The molecule has 5 rings (SSSR count). The topological polar surface area (TPSA) is 155 Å². The highest BCUT2D eigenvalue weighted by Crippen LogP contribution is 2.38. The van der Waals surface area contributed by atoms with E-state index < -0.39 is 11.3 Å². The molecule has 0 saturated carbocycles. The monoisotopic (exact) mass is 753 g/mol. The molecule has 0 radical (unpaired) electrons. The van der Waals surface area contributed by atoms with Crippen molar-refractivity contribution in [2.45, 2.75) is 52.4 Å². The van der Waals surface area contributed by atoms with Crippen LogP contribution in [-0.4, -0.2) is 14.1 Å². The molecule has 0 spiro atoms. The van der Waals surface area contributed by atoms with Crippen LogP contribution in [0.25, 0.3) is 20.8 Å². The number of nitrogens with zero attached hydrogens (tertiary/aromatic N) is 9. The second kappa shape index (κ2) is 18.4. The lowest BCUT2D eigenvalue weighted by Crippen LogP contribution is -2.24. The third kappa shape index (κ3) is 8.54. The van der Waals surface area contributed by atoms with Crippen LogP contribution in [-0.2, 0) is 5.41 Å². The minimum atomic E-state index is -1.43. The molecule has 58 heavy (non-hydrogen) atoms. The number of allylic oxidation sites excluding steroid dienone is 11. The predicted octanol–water partition coefficient (Wildman–Crippen LogP) is 10.6. The molecule has 280 valence electrons. The van der Waals surface area contributed by atoms with Crippen LogP contribution in [0, 0.1) is 108 Å². The first-order valence-electron chi connectivity index (χ1n) is 18.2. The normalized spacial score (nSPS) is 14.1. The van der Waals surface area contributed by atoms with Gasteiger partial charge >= 0.3 is 5.82 Å². The summed E-state index contributed by atoms with van der Waals surface area (Å²) < 4.78 is 0. The van der Waals surface area contributed by atoms with Gasteiger partial charge in [-0.1, -0.05) is 91.4 Å². The molecule has 1 unspecified atom stereocenters. The van der Waals surface area contributed by atoms with Crippen LogP contribution in [0.5, 0.6) is 0 Å². The molecule has 0 bridgehead atoms. The van der Waals surface area contributed by atoms with E-state index in [1.54, 1.807) is 0 Å². The third-order valence-corrected chi connectivity index (χ3v) is 10.3. The lowest BCUT2D eigenvalue weighted by molar-refractivity contribution is 0.844. The Morgan fingerprint density at radius 2 is 1.38 bits per heavy atom. The Hall–Kier alpha value is -8.18. The zero-order chi connectivity index (χ0) is 42.7. The summed E-state index contributed by atoms with van der Waals surface area (Å²) in [6, 6.07) is 29.5. The Labute approximate surface area is 341 Å². The minimum Gasteiger partial charge on any atom is -0.377 e. The first-order valence-corrected chi connectivity index (χ1v) is 18.2. The fourth-order valence-electron chi connectivity index (χ4n) is 7.22. The number of nitriles is 6. The summed E-state index contributed by atoms with van der Waals surface area (Å²) in [6.45, 7) is 23.9. The standard InChI is InChI=1S/C29H25N5.C20H14N4/c1-19-12-22(6-9-27(19)23(15-30)16-31)26-10-7-24(13-20(26)2)29(17-32,18-33)25-8-11-28(34(4)5)21(3)14-25;1-13-9-15(5-7-19(13)17(11-21)12-22)18-8-6-16(10-14(18)2)20(23-3)24-4/h6-14,23H,1-5H3;5-9,13H,10H2,1-2H3. The van der Waals surface area contributed by atoms with Crippen molar-refractivity contribution in [1.82, 2.24) is 0 Å². The van der Waals surface area contributed by atoms with Gasteiger partial charge in [-0.25, -0.2) is 0 Å². The van der Waals surface area contributed by atoms with Gasteiger partial charge in [0.15, 0.2) is 11.3 Å². The number of benzene rings is 3. The Bertz CT molecular complexity index is 2670. The molecular weight excluding hydrogens is 715 g/mol. The van der Waals surface area contributed by atoms with Crippen LogP contribution >= 0.6 is 0 Å². The molecule has 2 aliphatic carbocycles. The molecule has 0 heterocycles. The molecule has 0 saturated heterocycles. The van der Waals surface area contributed by atoms with Gasteiger partial charge in [-0.3, -0.25) is 0 Å². The Morgan fingerprint density at radius 1 is 0.759 bits per heavy atom. The number of aryl methyl sites for hydroxylation is 3. The number of hydrogen-bond donors (Lipinski definition) is 0. The van der Waals surface area contributed by atoms with Gasteiger partial charge in [-0.15, -0.1) is 0 Å². The molecule has 0 aliphatic heterocycles. The van der Waals surface area contributed by atoms with Crippen LogP contribution in [0.4, 0.5) is 5.69 Å². The fraction of sp³-hybridized carbons (Fsp3) is 0.224. The molecule has 0 N–H and O–H groups in total. The van der Waals surface area contributed by atoms with Gasteiger partial charge in [0.1, 0.15) is 30.9 Å². The van der Waals surface area contributed by atoms with E-state index in [2.05, 4.69) is 21.8 Å². The molecule has 9 nitrogen and oxygen atoms in total. The zero-order valence-electron chi connectivity index (χ0n) is 33.5. The summed E-state index contributed by atoms with van der Waals surface area (Å²) in [4.78, 5) is 8.54. The van der Waals surface area contributed by atoms with Crippen LogP contribution in [0.15, 0.2) is 124 Å². The molecule has 1 atom stereocenters. The molecule has 0 amide bonds. The number of rotatable bonds is 6. The van der Waals surface area contributed by atoms with E-state index in [1.165, 1.54) is 0 Å². The van der Waals surface area contributed by atoms with Gasteiger partial charge in [-0.2, -0.15) is 41.3 Å². The Morgan fingerprint density at radius 3 is 1.86 bits per heavy atom. The van der Waals surface area contributed by atoms with Crippen molar-refractivity contribution < 1.29 is 0 Å². The van der Waals surface area contributed by atoms with Crippen LogP contribution in [0.1, 0.15) is 59.6 Å². The van der Waals surface area contributed by atoms with Crippen molar-refractivity contribution >= 4 is 5.69 Å². The average molecular weight is 754 g/mol. The maximum absolute atomic E-state index is 10.2. The summed E-state index contributed by atoms with van der Waals surface area (Å²) >= 11 is 0. The van der Waals surface area contributed by atoms with E-state index in [-0.39, 0.29) is 17.3 Å². The Balaban J connectivity index is 0.000000273. The van der Waals surface area contributed by atoms with Crippen LogP contribution < -0.4 is 4.90 Å². The summed E-state index contributed by atoms with van der Waals surface area (Å²) in [5.74, 6) is -0.706. The van der Waals surface area contributed by atoms with E-state index in [4.69, 9.17) is 23.7 Å². The van der Waals surface area contributed by atoms with Gasteiger partial charge < -0.3 is 4.90 Å². The maximum atomic E-state index is 10.2. The highest BCUT2D eigenvalue weighted by atomic mass is 15.1. The second-order valence-corrected chi connectivity index (χ2v) is 14.2. The van der Waals surface area contributed by atoms with Gasteiger partial charge in [0.25, 0.3) is 0 Å². The maximum Gasteiger partial charge on any atom is 0.522 e. The zero-order valence-corrected chi connectivity index (χ0v) is 33.5. The van der Waals surface area contributed by atoms with Crippen molar-refractivity contribution in [1.29, 1.82) is 31.6 Å². The average Bonchev–Trinajstić information content (AvgIpc) is 3.21. The van der Waals surface area contributed by atoms with E-state index in [1.807, 2.05) is 163 Å². The highest BCUT2D eigenvalue weighted by Gasteiger charge is 2.36. The lowest BCUT2D eigenvalue weighted by Gasteiger charge is -2.24. The SMILES string of the molecule is Cc1cc(C(C#N)(C#N)c2ccc(N(C)C)c(C)c2)ccc1-c1ccc(C(C#N)C#N)c(C)c1.[C-]#[N+]C([N+]#[C-])=C1C=CC(C2=CC(C)C(=C(C#N)C#N)C=C2)=C(C)C1. The molecular formula is C49H39N9. The van der Waals surface area contributed by atoms with Crippen molar-refractivity contribution in [2.75, 3.05) is 19.0 Å². The van der Waals surface area contributed by atoms with E-state index >= 15 is 0 Å². The van der Waals surface area contributed by atoms with E-state index in [0.29, 0.717) is 23.1 Å². The number of hydrogen-bond acceptors (Lipinski definition) is 7.